The molecule has 2 amide bonds. The normalized spacial score (nSPS) is 19.1. The highest BCUT2D eigenvalue weighted by atomic mass is 32.2. The molecule has 0 radical (unpaired) electrons. The third-order valence-electron chi connectivity index (χ3n) is 4.37. The molecule has 26 heavy (non-hydrogen) atoms. The summed E-state index contributed by atoms with van der Waals surface area (Å²) < 4.78 is -0.231. The van der Waals surface area contributed by atoms with Gasteiger partial charge in [0.15, 0.2) is 9.88 Å². The monoisotopic (exact) mass is 383 g/mol. The molecule has 0 bridgehead atoms. The van der Waals surface area contributed by atoms with E-state index in [9.17, 15) is 9.59 Å². The number of aryl methyl sites for hydroxylation is 2. The molecule has 0 fully saturated rings. The highest BCUT2D eigenvalue weighted by Crippen LogP contribution is 2.43. The number of benzene rings is 2. The van der Waals surface area contributed by atoms with Gasteiger partial charge in [0.25, 0.3) is 5.91 Å². The first-order chi connectivity index (χ1) is 12.4. The molecule has 0 spiro atoms. The SMILES string of the molecule is Cc1cc(C)c2nc(NC(=O)C3(C)Sc4ccccc4NC3=O)sc2c1. The number of thiazole rings is 1. The maximum Gasteiger partial charge on any atom is 0.252 e. The van der Waals surface area contributed by atoms with Crippen molar-refractivity contribution in [2.24, 2.45) is 0 Å². The Kier molecular flexibility index (Phi) is 4.00. The van der Waals surface area contributed by atoms with E-state index in [2.05, 4.69) is 27.8 Å². The molecule has 1 atom stereocenters. The van der Waals surface area contributed by atoms with E-state index in [1.54, 1.807) is 6.92 Å². The van der Waals surface area contributed by atoms with E-state index in [-0.39, 0.29) is 11.8 Å². The van der Waals surface area contributed by atoms with Crippen molar-refractivity contribution in [3.05, 3.63) is 47.5 Å². The van der Waals surface area contributed by atoms with E-state index in [1.807, 2.05) is 38.1 Å². The van der Waals surface area contributed by atoms with Gasteiger partial charge in [0.1, 0.15) is 0 Å². The van der Waals surface area contributed by atoms with E-state index in [1.165, 1.54) is 23.1 Å². The summed E-state index contributed by atoms with van der Waals surface area (Å²) in [6.45, 7) is 5.68. The Hall–Kier alpha value is -2.38. The standard InChI is InChI=1S/C19H17N3O2S2/c1-10-8-11(2)15-14(9-10)25-18(21-15)22-17(24)19(3)16(23)20-12-6-4-5-7-13(12)26-19/h4-9H,1-3H3,(H,20,23)(H,21,22,24). The minimum atomic E-state index is -1.25. The van der Waals surface area contributed by atoms with Gasteiger partial charge in [-0.1, -0.05) is 41.3 Å². The number of anilines is 2. The summed E-state index contributed by atoms with van der Waals surface area (Å²) in [6, 6.07) is 11.6. The fourth-order valence-corrected chi connectivity index (χ4v) is 5.10. The van der Waals surface area contributed by atoms with Crippen LogP contribution in [0, 0.1) is 13.8 Å². The van der Waals surface area contributed by atoms with Crippen LogP contribution in [0.3, 0.4) is 0 Å². The third kappa shape index (κ3) is 2.77. The Bertz CT molecular complexity index is 1060. The summed E-state index contributed by atoms with van der Waals surface area (Å²) in [5.74, 6) is -0.699. The number of nitrogens with zero attached hydrogens (tertiary/aromatic N) is 1. The molecule has 0 aliphatic carbocycles. The molecule has 4 rings (SSSR count). The lowest BCUT2D eigenvalue weighted by atomic mass is 10.1. The lowest BCUT2D eigenvalue weighted by molar-refractivity contribution is -0.126. The molecule has 0 saturated carbocycles. The number of hydrogen-bond acceptors (Lipinski definition) is 5. The van der Waals surface area contributed by atoms with Crippen molar-refractivity contribution < 1.29 is 9.59 Å². The zero-order valence-corrected chi connectivity index (χ0v) is 16.2. The van der Waals surface area contributed by atoms with Crippen molar-refractivity contribution in [1.82, 2.24) is 4.98 Å². The van der Waals surface area contributed by atoms with Crippen LogP contribution in [0.25, 0.3) is 10.2 Å². The van der Waals surface area contributed by atoms with Crippen LogP contribution in [0.2, 0.25) is 0 Å². The van der Waals surface area contributed by atoms with Crippen LogP contribution in [-0.4, -0.2) is 21.5 Å². The smallest absolute Gasteiger partial charge is 0.252 e. The molecule has 1 aliphatic rings. The number of amides is 2. The number of carbonyl (C=O) groups excluding carboxylic acids is 2. The zero-order chi connectivity index (χ0) is 18.5. The number of para-hydroxylation sites is 1. The van der Waals surface area contributed by atoms with Gasteiger partial charge in [0.05, 0.1) is 15.9 Å². The molecule has 2 heterocycles. The Morgan fingerprint density at radius 3 is 2.81 bits per heavy atom. The fraction of sp³-hybridized carbons (Fsp3) is 0.211. The van der Waals surface area contributed by atoms with E-state index in [4.69, 9.17) is 0 Å². The van der Waals surface area contributed by atoms with Crippen LogP contribution in [0.1, 0.15) is 18.1 Å². The summed E-state index contributed by atoms with van der Waals surface area (Å²) in [5, 5.41) is 6.17. The van der Waals surface area contributed by atoms with Crippen LogP contribution in [0.15, 0.2) is 41.3 Å². The Morgan fingerprint density at radius 1 is 1.23 bits per heavy atom. The van der Waals surface area contributed by atoms with Gasteiger partial charge in [0, 0.05) is 4.90 Å². The molecule has 0 saturated heterocycles. The number of hydrogen-bond donors (Lipinski definition) is 2. The first kappa shape index (κ1) is 17.1. The summed E-state index contributed by atoms with van der Waals surface area (Å²) in [4.78, 5) is 30.9. The van der Waals surface area contributed by atoms with Crippen molar-refractivity contribution in [2.75, 3.05) is 10.6 Å². The van der Waals surface area contributed by atoms with Crippen LogP contribution in [0.4, 0.5) is 10.8 Å². The van der Waals surface area contributed by atoms with Gasteiger partial charge in [-0.15, -0.1) is 0 Å². The van der Waals surface area contributed by atoms with Crippen molar-refractivity contribution in [2.45, 2.75) is 30.4 Å². The van der Waals surface area contributed by atoms with Gasteiger partial charge in [-0.05, 0) is 50.1 Å². The van der Waals surface area contributed by atoms with Gasteiger partial charge in [-0.2, -0.15) is 0 Å². The summed E-state index contributed by atoms with van der Waals surface area (Å²) in [5.41, 5.74) is 3.84. The highest BCUT2D eigenvalue weighted by Gasteiger charge is 2.46. The molecule has 7 heteroatoms. The van der Waals surface area contributed by atoms with Crippen molar-refractivity contribution in [3.8, 4) is 0 Å². The van der Waals surface area contributed by atoms with E-state index >= 15 is 0 Å². The second-order valence-electron chi connectivity index (χ2n) is 6.49. The minimum absolute atomic E-state index is 0.327. The topological polar surface area (TPSA) is 71.1 Å². The van der Waals surface area contributed by atoms with Crippen molar-refractivity contribution >= 4 is 55.9 Å². The largest absolute Gasteiger partial charge is 0.323 e. The second kappa shape index (κ2) is 6.10. The average Bonchev–Trinajstić information content (AvgIpc) is 2.98. The maximum absolute atomic E-state index is 12.9. The van der Waals surface area contributed by atoms with E-state index in [0.717, 1.165) is 31.9 Å². The van der Waals surface area contributed by atoms with Crippen LogP contribution in [-0.2, 0) is 9.59 Å². The van der Waals surface area contributed by atoms with Crippen molar-refractivity contribution in [3.63, 3.8) is 0 Å². The second-order valence-corrected chi connectivity index (χ2v) is 8.98. The number of fused-ring (bicyclic) bond motifs is 2. The summed E-state index contributed by atoms with van der Waals surface area (Å²) in [7, 11) is 0. The summed E-state index contributed by atoms with van der Waals surface area (Å²) in [6.07, 6.45) is 0. The first-order valence-electron chi connectivity index (χ1n) is 8.15. The van der Waals surface area contributed by atoms with E-state index < -0.39 is 4.75 Å². The van der Waals surface area contributed by atoms with Crippen LogP contribution >= 0.6 is 23.1 Å². The maximum atomic E-state index is 12.9. The Morgan fingerprint density at radius 2 is 2.00 bits per heavy atom. The lowest BCUT2D eigenvalue weighted by Gasteiger charge is -2.31. The Balaban J connectivity index is 1.64. The molecule has 1 unspecified atom stereocenters. The number of rotatable bonds is 2. The van der Waals surface area contributed by atoms with Gasteiger partial charge in [-0.25, -0.2) is 4.98 Å². The van der Waals surface area contributed by atoms with Crippen LogP contribution in [0.5, 0.6) is 0 Å². The Labute approximate surface area is 159 Å². The van der Waals surface area contributed by atoms with Gasteiger partial charge < -0.3 is 10.6 Å². The third-order valence-corrected chi connectivity index (χ3v) is 6.64. The molecule has 3 aromatic rings. The molecule has 2 aromatic carbocycles. The zero-order valence-electron chi connectivity index (χ0n) is 14.5. The van der Waals surface area contributed by atoms with Crippen molar-refractivity contribution in [1.29, 1.82) is 0 Å². The number of aromatic nitrogens is 1. The number of carbonyl (C=O) groups is 2. The molecule has 132 valence electrons. The molecular formula is C19H17N3O2S2. The molecule has 5 nitrogen and oxygen atoms in total. The fourth-order valence-electron chi connectivity index (χ4n) is 2.96. The minimum Gasteiger partial charge on any atom is -0.323 e. The van der Waals surface area contributed by atoms with E-state index in [0.29, 0.717) is 5.13 Å². The van der Waals surface area contributed by atoms with Crippen LogP contribution < -0.4 is 10.6 Å². The molecule has 2 N–H and O–H groups in total. The molecule has 1 aliphatic heterocycles. The van der Waals surface area contributed by atoms with Gasteiger partial charge in [0.2, 0.25) is 5.91 Å². The highest BCUT2D eigenvalue weighted by molar-refractivity contribution is 8.02. The first-order valence-corrected chi connectivity index (χ1v) is 9.79. The molecular weight excluding hydrogens is 366 g/mol. The lowest BCUT2D eigenvalue weighted by Crippen LogP contribution is -2.49. The van der Waals surface area contributed by atoms with Gasteiger partial charge >= 0.3 is 0 Å². The average molecular weight is 383 g/mol. The predicted molar refractivity (Wildman–Crippen MR) is 107 cm³/mol. The number of nitrogens with one attached hydrogen (secondary N) is 2. The predicted octanol–water partition coefficient (Wildman–Crippen LogP) is 4.35. The number of thioether (sulfide) groups is 1. The summed E-state index contributed by atoms with van der Waals surface area (Å²) >= 11 is 2.68. The quantitative estimate of drug-likeness (QED) is 0.645. The molecule has 1 aromatic heterocycles. The van der Waals surface area contributed by atoms with Gasteiger partial charge in [-0.3, -0.25) is 9.59 Å².